The number of nitrogen functional groups attached to an aromatic ring is 1. The normalized spacial score (nSPS) is 28.2. The van der Waals surface area contributed by atoms with E-state index in [9.17, 15) is 24.5 Å². The summed E-state index contributed by atoms with van der Waals surface area (Å²) in [5.41, 5.74) is 4.61. The van der Waals surface area contributed by atoms with Crippen molar-refractivity contribution >= 4 is 13.6 Å². The maximum atomic E-state index is 11.9. The van der Waals surface area contributed by atoms with Gasteiger partial charge in [0.25, 0.3) is 7.82 Å². The number of likely N-dealkylation sites (N-methyl/N-ethyl adjacent to an activating group) is 1. The van der Waals surface area contributed by atoms with E-state index in [2.05, 4.69) is 4.98 Å². The molecule has 1 aliphatic rings. The highest BCUT2D eigenvalue weighted by Gasteiger charge is 2.44. The number of aliphatic hydroxyl groups is 2. The standard InChI is InChI=1S/C14H25N4O8P/c1-18(2,3)6-7-24-27(22,23)25-8-9-11(19)12(20)13(26-9)17-5-4-10(15)16-14(17)21/h4-5,9,11-13,19-20H,6-8H2,1-3H3,(H2-,15,16,21,22,23)/t9-,11-,12-,13-/m1/s1. The zero-order chi connectivity index (χ0) is 20.4. The zero-order valence-electron chi connectivity index (χ0n) is 15.3. The summed E-state index contributed by atoms with van der Waals surface area (Å²) >= 11 is 0. The second-order valence-corrected chi connectivity index (χ2v) is 8.59. The molecule has 154 valence electrons. The maximum Gasteiger partial charge on any atom is 0.351 e. The topological polar surface area (TPSA) is 169 Å². The third-order valence-electron chi connectivity index (χ3n) is 3.87. The maximum absolute atomic E-state index is 11.9. The van der Waals surface area contributed by atoms with Gasteiger partial charge in [0.15, 0.2) is 6.23 Å². The van der Waals surface area contributed by atoms with E-state index in [1.165, 1.54) is 12.3 Å². The molecule has 12 nitrogen and oxygen atoms in total. The Morgan fingerprint density at radius 1 is 1.37 bits per heavy atom. The van der Waals surface area contributed by atoms with E-state index >= 15 is 0 Å². The van der Waals surface area contributed by atoms with Crippen molar-refractivity contribution in [1.82, 2.24) is 9.55 Å². The Balaban J connectivity index is 1.95. The Bertz CT molecular complexity index is 751. The quantitative estimate of drug-likeness (QED) is 0.313. The summed E-state index contributed by atoms with van der Waals surface area (Å²) in [6.45, 7) is -0.223. The van der Waals surface area contributed by atoms with Crippen molar-refractivity contribution in [1.29, 1.82) is 0 Å². The lowest BCUT2D eigenvalue weighted by atomic mass is 10.1. The van der Waals surface area contributed by atoms with Gasteiger partial charge < -0.3 is 39.1 Å². The van der Waals surface area contributed by atoms with Gasteiger partial charge >= 0.3 is 5.69 Å². The van der Waals surface area contributed by atoms with Gasteiger partial charge in [-0.15, -0.1) is 0 Å². The molecule has 2 rings (SSSR count). The van der Waals surface area contributed by atoms with Crippen LogP contribution in [0.1, 0.15) is 6.23 Å². The second-order valence-electron chi connectivity index (χ2n) is 7.18. The first-order valence-corrected chi connectivity index (χ1v) is 9.62. The molecule has 1 aliphatic heterocycles. The number of aromatic nitrogens is 2. The summed E-state index contributed by atoms with van der Waals surface area (Å²) in [4.78, 5) is 27.2. The van der Waals surface area contributed by atoms with Crippen molar-refractivity contribution in [3.05, 3.63) is 22.7 Å². The summed E-state index contributed by atoms with van der Waals surface area (Å²) < 4.78 is 28.1. The first-order valence-electron chi connectivity index (χ1n) is 8.16. The predicted octanol–water partition coefficient (Wildman–Crippen LogP) is -2.35. The van der Waals surface area contributed by atoms with Gasteiger partial charge in [0.05, 0.1) is 27.7 Å². The Morgan fingerprint density at radius 3 is 2.63 bits per heavy atom. The molecule has 0 aliphatic carbocycles. The third-order valence-corrected chi connectivity index (χ3v) is 4.84. The highest BCUT2D eigenvalue weighted by molar-refractivity contribution is 7.45. The van der Waals surface area contributed by atoms with Crippen molar-refractivity contribution < 1.29 is 37.9 Å². The molecular formula is C14H25N4O8P. The van der Waals surface area contributed by atoms with Gasteiger partial charge in [0.1, 0.15) is 37.3 Å². The van der Waals surface area contributed by atoms with Gasteiger partial charge in [-0.2, -0.15) is 4.98 Å². The van der Waals surface area contributed by atoms with Crippen LogP contribution in [0.5, 0.6) is 0 Å². The highest BCUT2D eigenvalue weighted by atomic mass is 31.2. The summed E-state index contributed by atoms with van der Waals surface area (Å²) in [5.74, 6) is -0.0116. The first-order chi connectivity index (χ1) is 12.4. The molecule has 1 aromatic heterocycles. The van der Waals surface area contributed by atoms with Crippen LogP contribution in [0.15, 0.2) is 17.1 Å². The van der Waals surface area contributed by atoms with Gasteiger partial charge in [-0.3, -0.25) is 9.13 Å². The van der Waals surface area contributed by atoms with Crippen LogP contribution in [0, 0.1) is 0 Å². The number of nitrogens with two attached hydrogens (primary N) is 1. The fourth-order valence-electron chi connectivity index (χ4n) is 2.34. The number of hydrogen-bond donors (Lipinski definition) is 3. The van der Waals surface area contributed by atoms with E-state index in [0.29, 0.717) is 11.0 Å². The smallest absolute Gasteiger partial charge is 0.351 e. The molecule has 2 heterocycles. The molecule has 13 heteroatoms. The van der Waals surface area contributed by atoms with Gasteiger partial charge in [0.2, 0.25) is 0 Å². The molecule has 0 bridgehead atoms. The molecule has 0 aromatic carbocycles. The largest absolute Gasteiger partial charge is 0.756 e. The summed E-state index contributed by atoms with van der Waals surface area (Å²) in [7, 11) is 1.00. The summed E-state index contributed by atoms with van der Waals surface area (Å²) in [5, 5.41) is 20.2. The Hall–Kier alpha value is -1.37. The number of rotatable bonds is 8. The monoisotopic (exact) mass is 408 g/mol. The van der Waals surface area contributed by atoms with Gasteiger partial charge in [0, 0.05) is 6.20 Å². The summed E-state index contributed by atoms with van der Waals surface area (Å²) in [6.07, 6.45) is -4.18. The SMILES string of the molecule is C[N+](C)(C)CCOP(=O)([O-])OC[C@H]1O[C@@H](n2ccc(N)nc2=O)[C@H](O)[C@@H]1O. The molecule has 1 fully saturated rings. The van der Waals surface area contributed by atoms with E-state index in [-0.39, 0.29) is 12.4 Å². The number of ether oxygens (including phenoxy) is 1. The molecule has 1 saturated heterocycles. The molecular weight excluding hydrogens is 383 g/mol. The van der Waals surface area contributed by atoms with E-state index in [1.807, 2.05) is 21.1 Å². The number of phosphoric acid groups is 1. The molecule has 1 aromatic rings. The van der Waals surface area contributed by atoms with Crippen molar-refractivity contribution in [3.63, 3.8) is 0 Å². The molecule has 4 N–H and O–H groups in total. The minimum Gasteiger partial charge on any atom is -0.756 e. The van der Waals surface area contributed by atoms with Crippen LogP contribution in [0.2, 0.25) is 0 Å². The van der Waals surface area contributed by atoms with Gasteiger partial charge in [-0.05, 0) is 6.07 Å². The molecule has 1 unspecified atom stereocenters. The minimum absolute atomic E-state index is 0.0116. The Labute approximate surface area is 155 Å². The van der Waals surface area contributed by atoms with E-state index in [4.69, 9.17) is 19.5 Å². The molecule has 27 heavy (non-hydrogen) atoms. The number of phosphoric ester groups is 1. The molecule has 0 spiro atoms. The molecule has 0 radical (unpaired) electrons. The number of aliphatic hydroxyl groups excluding tert-OH is 2. The van der Waals surface area contributed by atoms with Gasteiger partial charge in [-0.1, -0.05) is 0 Å². The van der Waals surface area contributed by atoms with Crippen LogP contribution in [-0.2, 0) is 18.3 Å². The van der Waals surface area contributed by atoms with Crippen molar-refractivity contribution in [3.8, 4) is 0 Å². The second kappa shape index (κ2) is 8.33. The van der Waals surface area contributed by atoms with E-state index < -0.39 is 44.7 Å². The van der Waals surface area contributed by atoms with E-state index in [1.54, 1.807) is 0 Å². The average Bonchev–Trinajstić information content (AvgIpc) is 2.80. The molecule has 0 saturated carbocycles. The first kappa shape index (κ1) is 21.9. The van der Waals surface area contributed by atoms with Crippen molar-refractivity contribution in [2.75, 3.05) is 46.6 Å². The average molecular weight is 408 g/mol. The fourth-order valence-corrected chi connectivity index (χ4v) is 3.05. The Morgan fingerprint density at radius 2 is 2.04 bits per heavy atom. The van der Waals surface area contributed by atoms with Gasteiger partial charge in [-0.25, -0.2) is 4.79 Å². The third kappa shape index (κ3) is 6.06. The lowest BCUT2D eigenvalue weighted by Crippen LogP contribution is -2.38. The number of hydrogen-bond acceptors (Lipinski definition) is 10. The van der Waals surface area contributed by atoms with Crippen LogP contribution >= 0.6 is 7.82 Å². The van der Waals surface area contributed by atoms with Crippen LogP contribution in [-0.4, -0.2) is 83.5 Å². The number of anilines is 1. The lowest BCUT2D eigenvalue weighted by Gasteiger charge is -2.28. The summed E-state index contributed by atoms with van der Waals surface area (Å²) in [6, 6.07) is 1.32. The van der Waals surface area contributed by atoms with Crippen molar-refractivity contribution in [2.45, 2.75) is 24.5 Å². The lowest BCUT2D eigenvalue weighted by molar-refractivity contribution is -0.870. The van der Waals surface area contributed by atoms with Crippen LogP contribution in [0.25, 0.3) is 0 Å². The minimum atomic E-state index is -4.62. The number of quaternary nitrogens is 1. The van der Waals surface area contributed by atoms with Crippen LogP contribution < -0.4 is 16.3 Å². The predicted molar refractivity (Wildman–Crippen MR) is 91.2 cm³/mol. The molecule has 0 amide bonds. The molecule has 5 atom stereocenters. The fraction of sp³-hybridized carbons (Fsp3) is 0.714. The highest BCUT2D eigenvalue weighted by Crippen LogP contribution is 2.40. The number of nitrogens with zero attached hydrogens (tertiary/aromatic N) is 3. The van der Waals surface area contributed by atoms with Crippen LogP contribution in [0.3, 0.4) is 0 Å². The Kier molecular flexibility index (Phi) is 6.77. The van der Waals surface area contributed by atoms with Crippen LogP contribution in [0.4, 0.5) is 5.82 Å². The van der Waals surface area contributed by atoms with E-state index in [0.717, 1.165) is 4.57 Å². The van der Waals surface area contributed by atoms with Crippen molar-refractivity contribution in [2.24, 2.45) is 0 Å². The zero-order valence-corrected chi connectivity index (χ0v) is 16.2.